The van der Waals surface area contributed by atoms with E-state index in [1.165, 1.54) is 22.1 Å². The molecule has 1 aliphatic rings. The molecule has 0 saturated carbocycles. The summed E-state index contributed by atoms with van der Waals surface area (Å²) in [5.41, 5.74) is 0.816. The van der Waals surface area contributed by atoms with Gasteiger partial charge in [-0.05, 0) is 42.5 Å². The largest absolute Gasteiger partial charge is 0.376 e. The Labute approximate surface area is 158 Å². The third-order valence-corrected chi connectivity index (χ3v) is 5.26. The first-order valence-corrected chi connectivity index (χ1v) is 9.49. The van der Waals surface area contributed by atoms with E-state index >= 15 is 0 Å². The van der Waals surface area contributed by atoms with Gasteiger partial charge in [-0.3, -0.25) is 4.79 Å². The quantitative estimate of drug-likeness (QED) is 0.722. The molecule has 140 valence electrons. The Kier molecular flexibility index (Phi) is 5.00. The number of hydrogen-bond donors (Lipinski definition) is 1. The third kappa shape index (κ3) is 3.77. The van der Waals surface area contributed by atoms with Crippen LogP contribution in [0.3, 0.4) is 0 Å². The number of amides is 1. The lowest BCUT2D eigenvalue weighted by Crippen LogP contribution is -2.32. The van der Waals surface area contributed by atoms with Gasteiger partial charge < -0.3 is 10.1 Å². The summed E-state index contributed by atoms with van der Waals surface area (Å²) in [6.07, 6.45) is 1.92. The van der Waals surface area contributed by atoms with E-state index in [9.17, 15) is 13.6 Å². The van der Waals surface area contributed by atoms with Crippen molar-refractivity contribution in [3.63, 3.8) is 0 Å². The molecule has 0 bridgehead atoms. The van der Waals surface area contributed by atoms with Crippen molar-refractivity contribution in [3.8, 4) is 16.3 Å². The molecular weight excluding hydrogens is 372 g/mol. The molecule has 1 saturated heterocycles. The van der Waals surface area contributed by atoms with Crippen molar-refractivity contribution in [2.45, 2.75) is 18.9 Å². The van der Waals surface area contributed by atoms with E-state index in [4.69, 9.17) is 4.74 Å². The number of nitrogens with zero attached hydrogens (tertiary/aromatic N) is 2. The molecular formula is C19H17F2N3O2S. The maximum atomic E-state index is 14.3. The molecule has 3 aromatic rings. The molecule has 27 heavy (non-hydrogen) atoms. The van der Waals surface area contributed by atoms with E-state index < -0.39 is 11.6 Å². The van der Waals surface area contributed by atoms with Gasteiger partial charge in [0.2, 0.25) is 0 Å². The van der Waals surface area contributed by atoms with E-state index in [-0.39, 0.29) is 23.4 Å². The van der Waals surface area contributed by atoms with Crippen LogP contribution in [0.5, 0.6) is 0 Å². The molecule has 0 aliphatic carbocycles. The van der Waals surface area contributed by atoms with Crippen LogP contribution in [0.2, 0.25) is 0 Å². The normalized spacial score (nSPS) is 16.6. The number of nitrogens with one attached hydrogen (secondary N) is 1. The van der Waals surface area contributed by atoms with Gasteiger partial charge in [0.05, 0.1) is 16.7 Å². The second-order valence-electron chi connectivity index (χ2n) is 6.24. The van der Waals surface area contributed by atoms with Crippen LogP contribution in [0, 0.1) is 11.6 Å². The molecule has 1 N–H and O–H groups in total. The van der Waals surface area contributed by atoms with Crippen LogP contribution in [-0.2, 0) is 4.74 Å². The number of benzene rings is 1. The van der Waals surface area contributed by atoms with E-state index in [1.54, 1.807) is 6.07 Å². The zero-order chi connectivity index (χ0) is 18.8. The van der Waals surface area contributed by atoms with Gasteiger partial charge in [-0.2, -0.15) is 5.10 Å². The minimum absolute atomic E-state index is 0.0161. The number of carbonyl (C=O) groups is 1. The SMILES string of the molecule is O=C(NC[C@H]1CCCO1)c1cc(-c2cccs2)n(-c2ccc(F)cc2F)n1. The average Bonchev–Trinajstić information content (AvgIpc) is 3.39. The van der Waals surface area contributed by atoms with Gasteiger partial charge in [0.15, 0.2) is 11.5 Å². The van der Waals surface area contributed by atoms with Crippen LogP contribution in [0.25, 0.3) is 16.3 Å². The molecule has 1 aromatic carbocycles. The van der Waals surface area contributed by atoms with E-state index in [0.29, 0.717) is 18.8 Å². The molecule has 2 aromatic heterocycles. The molecule has 1 amide bonds. The Hall–Kier alpha value is -2.58. The topological polar surface area (TPSA) is 56.1 Å². The first-order valence-electron chi connectivity index (χ1n) is 8.61. The lowest BCUT2D eigenvalue weighted by Gasteiger charge is -2.09. The van der Waals surface area contributed by atoms with Crippen molar-refractivity contribution in [2.24, 2.45) is 0 Å². The summed E-state index contributed by atoms with van der Waals surface area (Å²) in [5, 5.41) is 8.97. The molecule has 1 atom stereocenters. The first-order chi connectivity index (χ1) is 13.1. The fourth-order valence-electron chi connectivity index (χ4n) is 3.03. The fraction of sp³-hybridized carbons (Fsp3) is 0.263. The summed E-state index contributed by atoms with van der Waals surface area (Å²) >= 11 is 1.44. The maximum Gasteiger partial charge on any atom is 0.271 e. The van der Waals surface area contributed by atoms with Crippen LogP contribution in [0.1, 0.15) is 23.3 Å². The number of carbonyl (C=O) groups excluding carboxylic acids is 1. The molecule has 8 heteroatoms. The minimum atomic E-state index is -0.748. The number of hydrogen-bond acceptors (Lipinski definition) is 4. The van der Waals surface area contributed by atoms with Crippen molar-refractivity contribution in [1.82, 2.24) is 15.1 Å². The van der Waals surface area contributed by atoms with E-state index in [2.05, 4.69) is 10.4 Å². The Bertz CT molecular complexity index is 950. The van der Waals surface area contributed by atoms with Crippen LogP contribution in [0.15, 0.2) is 41.8 Å². The lowest BCUT2D eigenvalue weighted by molar-refractivity contribution is 0.0853. The monoisotopic (exact) mass is 389 g/mol. The zero-order valence-corrected chi connectivity index (χ0v) is 15.1. The molecule has 1 aliphatic heterocycles. The van der Waals surface area contributed by atoms with Crippen molar-refractivity contribution in [1.29, 1.82) is 0 Å². The molecule has 0 spiro atoms. The Morgan fingerprint density at radius 2 is 2.22 bits per heavy atom. The smallest absolute Gasteiger partial charge is 0.271 e. The predicted octanol–water partition coefficient (Wildman–Crippen LogP) is 3.79. The summed E-state index contributed by atoms with van der Waals surface area (Å²) < 4.78 is 34.4. The van der Waals surface area contributed by atoms with Crippen LogP contribution in [0.4, 0.5) is 8.78 Å². The summed E-state index contributed by atoms with van der Waals surface area (Å²) in [7, 11) is 0. The van der Waals surface area contributed by atoms with Gasteiger partial charge >= 0.3 is 0 Å². The number of rotatable bonds is 5. The number of ether oxygens (including phenoxy) is 1. The molecule has 3 heterocycles. The van der Waals surface area contributed by atoms with Crippen LogP contribution >= 0.6 is 11.3 Å². The molecule has 1 fully saturated rings. The van der Waals surface area contributed by atoms with E-state index in [0.717, 1.165) is 29.9 Å². The van der Waals surface area contributed by atoms with Crippen molar-refractivity contribution in [3.05, 3.63) is 59.1 Å². The lowest BCUT2D eigenvalue weighted by atomic mass is 10.2. The Morgan fingerprint density at radius 1 is 1.33 bits per heavy atom. The van der Waals surface area contributed by atoms with Crippen molar-refractivity contribution >= 4 is 17.2 Å². The second kappa shape index (κ2) is 7.58. The zero-order valence-electron chi connectivity index (χ0n) is 14.3. The second-order valence-corrected chi connectivity index (χ2v) is 7.19. The summed E-state index contributed by atoms with van der Waals surface area (Å²) in [4.78, 5) is 13.3. The minimum Gasteiger partial charge on any atom is -0.376 e. The van der Waals surface area contributed by atoms with Gasteiger partial charge in [-0.25, -0.2) is 13.5 Å². The number of aromatic nitrogens is 2. The van der Waals surface area contributed by atoms with Gasteiger partial charge in [0.25, 0.3) is 5.91 Å². The van der Waals surface area contributed by atoms with Gasteiger partial charge in [0, 0.05) is 19.2 Å². The maximum absolute atomic E-state index is 14.3. The summed E-state index contributed by atoms with van der Waals surface area (Å²) in [6.45, 7) is 1.12. The van der Waals surface area contributed by atoms with Crippen molar-refractivity contribution < 1.29 is 18.3 Å². The highest BCUT2D eigenvalue weighted by Gasteiger charge is 2.21. The molecule has 0 unspecified atom stereocenters. The van der Waals surface area contributed by atoms with Crippen LogP contribution < -0.4 is 5.32 Å². The van der Waals surface area contributed by atoms with Gasteiger partial charge in [-0.15, -0.1) is 11.3 Å². The molecule has 4 rings (SSSR count). The average molecular weight is 389 g/mol. The number of thiophene rings is 1. The fourth-order valence-corrected chi connectivity index (χ4v) is 3.76. The predicted molar refractivity (Wildman–Crippen MR) is 98.1 cm³/mol. The Balaban J connectivity index is 1.66. The summed E-state index contributed by atoms with van der Waals surface area (Å²) in [6, 6.07) is 8.59. The standard InChI is InChI=1S/C19H17F2N3O2S/c20-12-5-6-16(14(21)9-12)24-17(18-4-2-8-27-18)10-15(23-24)19(25)22-11-13-3-1-7-26-13/h2,4-6,8-10,13H,1,3,7,11H2,(H,22,25)/t13-/m1/s1. The highest BCUT2D eigenvalue weighted by molar-refractivity contribution is 7.13. The third-order valence-electron chi connectivity index (χ3n) is 4.37. The van der Waals surface area contributed by atoms with Crippen LogP contribution in [-0.4, -0.2) is 34.9 Å². The van der Waals surface area contributed by atoms with Gasteiger partial charge in [0.1, 0.15) is 11.5 Å². The summed E-state index contributed by atoms with van der Waals surface area (Å²) in [5.74, 6) is -1.78. The first kappa shape index (κ1) is 17.8. The highest BCUT2D eigenvalue weighted by Crippen LogP contribution is 2.29. The van der Waals surface area contributed by atoms with Crippen molar-refractivity contribution in [2.75, 3.05) is 13.2 Å². The van der Waals surface area contributed by atoms with Gasteiger partial charge in [-0.1, -0.05) is 6.07 Å². The highest BCUT2D eigenvalue weighted by atomic mass is 32.1. The Morgan fingerprint density at radius 3 is 2.93 bits per heavy atom. The molecule has 0 radical (unpaired) electrons. The van der Waals surface area contributed by atoms with E-state index in [1.807, 2.05) is 17.5 Å². The molecule has 5 nitrogen and oxygen atoms in total. The number of halogens is 2.